The molecule has 0 saturated heterocycles. The van der Waals surface area contributed by atoms with Crippen molar-refractivity contribution in [2.75, 3.05) is 7.11 Å². The zero-order chi connectivity index (χ0) is 29.9. The number of ether oxygens (including phenoxy) is 2. The first kappa shape index (κ1) is 29.4. The number of nitrogens with zero attached hydrogens (tertiary/aromatic N) is 2. The number of fused-ring (bicyclic) bond motifs is 3. The summed E-state index contributed by atoms with van der Waals surface area (Å²) in [6.07, 6.45) is 1.12. The van der Waals surface area contributed by atoms with Gasteiger partial charge in [0.2, 0.25) is 11.0 Å². The molecule has 5 aromatic rings. The first-order chi connectivity index (χ1) is 19.4. The number of aryl methyl sites for hydroxylation is 4. The van der Waals surface area contributed by atoms with Crippen LogP contribution >= 0.6 is 0 Å². The minimum atomic E-state index is -5.42. The van der Waals surface area contributed by atoms with Gasteiger partial charge in [-0.15, -0.1) is 3.89 Å². The van der Waals surface area contributed by atoms with E-state index in [-0.39, 0.29) is 0 Å². The van der Waals surface area contributed by atoms with Gasteiger partial charge in [-0.3, -0.25) is 0 Å². The Morgan fingerprint density at radius 3 is 2.15 bits per heavy atom. The largest absolute Gasteiger partial charge is 0.722 e. The van der Waals surface area contributed by atoms with Crippen LogP contribution in [-0.4, -0.2) is 26.0 Å². The molecule has 210 valence electrons. The number of halogens is 1. The van der Waals surface area contributed by atoms with Crippen molar-refractivity contribution in [3.8, 4) is 17.6 Å². The zero-order valence-electron chi connectivity index (χ0n) is 22.9. The van der Waals surface area contributed by atoms with Gasteiger partial charge in [-0.25, -0.2) is 13.2 Å². The number of esters is 1. The summed E-state index contributed by atoms with van der Waals surface area (Å²) in [7, 11) is -1.79. The molecule has 0 aliphatic heterocycles. The van der Waals surface area contributed by atoms with Gasteiger partial charge in [-0.1, -0.05) is 36.4 Å². The van der Waals surface area contributed by atoms with E-state index in [1.807, 2.05) is 69.4 Å². The molecule has 10 heteroatoms. The molecule has 8 nitrogen and oxygen atoms in total. The van der Waals surface area contributed by atoms with E-state index in [1.54, 1.807) is 7.11 Å². The number of rotatable bonds is 5. The lowest BCUT2D eigenvalue weighted by Crippen LogP contribution is -2.31. The molecule has 0 spiro atoms. The summed E-state index contributed by atoms with van der Waals surface area (Å²) in [6.45, 7) is 3.87. The Kier molecular flexibility index (Phi) is 8.52. The van der Waals surface area contributed by atoms with Crippen LogP contribution in [0.4, 0.5) is 3.89 Å². The summed E-state index contributed by atoms with van der Waals surface area (Å²) in [5.74, 6) is 0.815. The molecule has 0 bridgehead atoms. The Balaban J connectivity index is 0.000000714. The number of carbonyl (C=O) groups excluding carboxylic acids is 1. The minimum Gasteiger partial charge on any atom is -0.722 e. The highest BCUT2D eigenvalue weighted by molar-refractivity contribution is 7.80. The van der Waals surface area contributed by atoms with Gasteiger partial charge in [0, 0.05) is 18.6 Å². The number of hydrogen-bond acceptors (Lipinski definition) is 7. The molecular weight excluding hydrogens is 547 g/mol. The Morgan fingerprint density at radius 2 is 1.56 bits per heavy atom. The normalized spacial score (nSPS) is 11.1. The van der Waals surface area contributed by atoms with Gasteiger partial charge in [0.05, 0.1) is 29.5 Å². The van der Waals surface area contributed by atoms with Gasteiger partial charge in [-0.2, -0.15) is 9.83 Å². The second kappa shape index (κ2) is 11.9. The van der Waals surface area contributed by atoms with Crippen LogP contribution in [0.25, 0.3) is 32.6 Å². The predicted octanol–water partition coefficient (Wildman–Crippen LogP) is 5.69. The number of hydrogen-bond donors (Lipinski definition) is 0. The van der Waals surface area contributed by atoms with Crippen molar-refractivity contribution in [2.45, 2.75) is 26.7 Å². The number of methoxy groups -OCH3 is 1. The molecule has 0 fully saturated rings. The van der Waals surface area contributed by atoms with Crippen molar-refractivity contribution in [2.24, 2.45) is 7.05 Å². The van der Waals surface area contributed by atoms with E-state index >= 15 is 0 Å². The van der Waals surface area contributed by atoms with E-state index in [2.05, 4.69) is 28.8 Å². The van der Waals surface area contributed by atoms with Gasteiger partial charge < -0.3 is 14.0 Å². The molecule has 0 amide bonds. The zero-order valence-corrected chi connectivity index (χ0v) is 23.7. The van der Waals surface area contributed by atoms with Crippen LogP contribution in [0.3, 0.4) is 0 Å². The summed E-state index contributed by atoms with van der Waals surface area (Å²) < 4.78 is 49.0. The van der Waals surface area contributed by atoms with Crippen LogP contribution in [0.15, 0.2) is 66.7 Å². The average molecular weight is 575 g/mol. The molecule has 0 aliphatic carbocycles. The van der Waals surface area contributed by atoms with Gasteiger partial charge in [0.1, 0.15) is 18.5 Å². The Morgan fingerprint density at radius 1 is 0.976 bits per heavy atom. The highest BCUT2D eigenvalue weighted by atomic mass is 32.3. The van der Waals surface area contributed by atoms with Crippen LogP contribution in [0.1, 0.15) is 33.5 Å². The quantitative estimate of drug-likeness (QED) is 0.0661. The minimum absolute atomic E-state index is 0.412. The third-order valence-corrected chi connectivity index (χ3v) is 6.77. The van der Waals surface area contributed by atoms with E-state index in [4.69, 9.17) is 27.7 Å². The lowest BCUT2D eigenvalue weighted by molar-refractivity contribution is -0.617. The Labute approximate surface area is 237 Å². The Bertz CT molecular complexity index is 1930. The molecule has 0 N–H and O–H groups in total. The van der Waals surface area contributed by atoms with Crippen LogP contribution < -0.4 is 14.0 Å². The number of aromatic nitrogens is 1. The van der Waals surface area contributed by atoms with Crippen molar-refractivity contribution < 1.29 is 35.7 Å². The van der Waals surface area contributed by atoms with E-state index in [1.165, 1.54) is 0 Å². The highest BCUT2D eigenvalue weighted by Crippen LogP contribution is 2.33. The lowest BCUT2D eigenvalue weighted by Gasteiger charge is -2.15. The van der Waals surface area contributed by atoms with Crippen LogP contribution in [0, 0.1) is 25.2 Å². The predicted molar refractivity (Wildman–Crippen MR) is 152 cm³/mol. The maximum Gasteiger partial charge on any atom is 0.345 e. The van der Waals surface area contributed by atoms with Crippen molar-refractivity contribution in [3.05, 3.63) is 89.0 Å². The third-order valence-electron chi connectivity index (χ3n) is 6.77. The molecule has 1 aromatic heterocycles. The summed E-state index contributed by atoms with van der Waals surface area (Å²) in [5.41, 5.74) is 5.16. The van der Waals surface area contributed by atoms with Gasteiger partial charge >= 0.3 is 5.97 Å². The van der Waals surface area contributed by atoms with Crippen LogP contribution in [0.5, 0.6) is 11.5 Å². The fraction of sp³-hybridized carbons (Fsp3) is 0.194. The topological polar surface area (TPSA) is 120 Å². The molecule has 41 heavy (non-hydrogen) atoms. The van der Waals surface area contributed by atoms with Crippen LogP contribution in [0.2, 0.25) is 0 Å². The smallest absolute Gasteiger partial charge is 0.345 e. The van der Waals surface area contributed by atoms with Gasteiger partial charge in [-0.05, 0) is 65.9 Å². The first-order valence-electron chi connectivity index (χ1n) is 12.6. The molecule has 0 radical (unpaired) electrons. The average Bonchev–Trinajstić information content (AvgIpc) is 2.92. The molecule has 5 rings (SSSR count). The van der Waals surface area contributed by atoms with E-state index in [0.717, 1.165) is 49.3 Å². The fourth-order valence-corrected chi connectivity index (χ4v) is 5.02. The van der Waals surface area contributed by atoms with E-state index < -0.39 is 16.5 Å². The second-order valence-electron chi connectivity index (χ2n) is 9.53. The number of carbonyl (C=O) groups is 1. The van der Waals surface area contributed by atoms with Gasteiger partial charge in [0.15, 0.2) is 0 Å². The number of pyridine rings is 1. The summed E-state index contributed by atoms with van der Waals surface area (Å²) in [6, 6.07) is 24.2. The van der Waals surface area contributed by atoms with Crippen LogP contribution in [-0.2, 0) is 24.0 Å². The summed E-state index contributed by atoms with van der Waals surface area (Å²) in [5, 5.41) is 12.7. The van der Waals surface area contributed by atoms with Crippen molar-refractivity contribution >= 4 is 49.1 Å². The van der Waals surface area contributed by atoms with Crippen molar-refractivity contribution in [1.29, 1.82) is 5.26 Å². The molecule has 0 unspecified atom stereocenters. The highest BCUT2D eigenvalue weighted by Gasteiger charge is 2.26. The fourth-order valence-electron chi connectivity index (χ4n) is 5.02. The molecular formula is C31H27FN2O6S. The molecule has 4 aromatic carbocycles. The maximum atomic E-state index is 13.9. The van der Waals surface area contributed by atoms with Crippen molar-refractivity contribution in [1.82, 2.24) is 0 Å². The summed E-state index contributed by atoms with van der Waals surface area (Å²) in [4.78, 5) is 13.9. The van der Waals surface area contributed by atoms with E-state index in [9.17, 15) is 8.68 Å². The Hall–Kier alpha value is -4.59. The van der Waals surface area contributed by atoms with E-state index in [0.29, 0.717) is 29.9 Å². The monoisotopic (exact) mass is 574 g/mol. The molecule has 0 saturated carbocycles. The molecule has 0 atom stereocenters. The van der Waals surface area contributed by atoms with Crippen molar-refractivity contribution in [3.63, 3.8) is 0 Å². The third kappa shape index (κ3) is 6.60. The number of nitriles is 1. The lowest BCUT2D eigenvalue weighted by atomic mass is 9.98. The second-order valence-corrected chi connectivity index (χ2v) is 10.3. The van der Waals surface area contributed by atoms with Gasteiger partial charge in [0.25, 0.3) is 10.5 Å². The standard InChI is InChI=1S/C31H27N2O3.FHO3S/c1-19-14-21(8-7-13-32)15-20(2)30(19)36-31(34)29-25-16-22-9-5-6-10-23(22)17-28(25)33(3)27-12-11-24(35-4)18-26(27)29;1-5(2,3)4/h5-6,9-12,14-18H,7-8H2,1-4H3;(H,2,3,4)/q+1;/p-1. The number of benzene rings is 4. The maximum absolute atomic E-state index is 13.9. The first-order valence-corrected chi connectivity index (χ1v) is 13.9. The molecule has 1 heterocycles. The summed E-state index contributed by atoms with van der Waals surface area (Å²) >= 11 is 0. The SMILES string of the molecule is COc1ccc2c(c1)c(C(=O)Oc1c(C)cc(CCC#N)cc1C)c1cc3ccccc3cc1[n+]2C.O=S(=O)([O-])F. The molecule has 0 aliphatic rings.